The maximum atomic E-state index is 12.7. The second-order valence-corrected chi connectivity index (χ2v) is 7.71. The molecule has 27 heavy (non-hydrogen) atoms. The van der Waals surface area contributed by atoms with Crippen LogP contribution < -0.4 is 10.6 Å². The summed E-state index contributed by atoms with van der Waals surface area (Å²) in [5.41, 5.74) is 1.55. The molecule has 0 unspecified atom stereocenters. The van der Waals surface area contributed by atoms with Gasteiger partial charge in [0.15, 0.2) is 0 Å². The molecule has 144 valence electrons. The Balaban J connectivity index is 1.44. The van der Waals surface area contributed by atoms with E-state index in [2.05, 4.69) is 15.5 Å². The number of aliphatic hydroxyl groups is 1. The number of pyridine rings is 1. The minimum Gasteiger partial charge on any atom is -0.395 e. The Morgan fingerprint density at radius 2 is 1.96 bits per heavy atom. The van der Waals surface area contributed by atoms with Crippen molar-refractivity contribution in [3.05, 3.63) is 35.9 Å². The van der Waals surface area contributed by atoms with Crippen molar-refractivity contribution in [2.75, 3.05) is 38.1 Å². The van der Waals surface area contributed by atoms with E-state index < -0.39 is 0 Å². The number of benzene rings is 1. The van der Waals surface area contributed by atoms with E-state index in [1.54, 1.807) is 0 Å². The maximum Gasteiger partial charge on any atom is 0.252 e. The first-order chi connectivity index (χ1) is 13.2. The highest BCUT2D eigenvalue weighted by atomic mass is 16.3. The second kappa shape index (κ2) is 8.23. The Bertz CT molecular complexity index is 798. The van der Waals surface area contributed by atoms with Crippen LogP contribution in [0.2, 0.25) is 0 Å². The van der Waals surface area contributed by atoms with Crippen LogP contribution >= 0.6 is 0 Å². The fourth-order valence-electron chi connectivity index (χ4n) is 3.75. The number of nitrogens with one attached hydrogen (secondary N) is 2. The molecule has 2 aromatic rings. The summed E-state index contributed by atoms with van der Waals surface area (Å²) in [5.74, 6) is 1.36. The van der Waals surface area contributed by atoms with Crippen LogP contribution in [0.4, 0.5) is 5.82 Å². The van der Waals surface area contributed by atoms with Crippen molar-refractivity contribution in [1.29, 1.82) is 0 Å². The van der Waals surface area contributed by atoms with Crippen LogP contribution in [0.25, 0.3) is 10.9 Å². The number of β-amino-alcohol motifs (C(OH)–C–C–N with tert-alkyl or cyclic N) is 1. The van der Waals surface area contributed by atoms with Crippen LogP contribution in [-0.4, -0.2) is 59.7 Å². The molecule has 1 aliphatic carbocycles. The lowest BCUT2D eigenvalue weighted by Gasteiger charge is -2.31. The van der Waals surface area contributed by atoms with Crippen molar-refractivity contribution >= 4 is 22.6 Å². The summed E-state index contributed by atoms with van der Waals surface area (Å²) in [6.07, 6.45) is 4.40. The smallest absolute Gasteiger partial charge is 0.252 e. The Labute approximate surface area is 160 Å². The van der Waals surface area contributed by atoms with Gasteiger partial charge >= 0.3 is 0 Å². The van der Waals surface area contributed by atoms with Crippen molar-refractivity contribution in [1.82, 2.24) is 15.2 Å². The molecule has 2 heterocycles. The molecule has 0 spiro atoms. The monoisotopic (exact) mass is 368 g/mol. The number of carbonyl (C=O) groups excluding carboxylic acids is 1. The summed E-state index contributed by atoms with van der Waals surface area (Å²) in [4.78, 5) is 19.7. The van der Waals surface area contributed by atoms with E-state index >= 15 is 0 Å². The largest absolute Gasteiger partial charge is 0.395 e. The number of amides is 1. The van der Waals surface area contributed by atoms with Crippen molar-refractivity contribution < 1.29 is 9.90 Å². The number of piperidine rings is 1. The van der Waals surface area contributed by atoms with E-state index in [1.165, 1.54) is 0 Å². The summed E-state index contributed by atoms with van der Waals surface area (Å²) in [6.45, 7) is 3.93. The highest BCUT2D eigenvalue weighted by Crippen LogP contribution is 2.24. The summed E-state index contributed by atoms with van der Waals surface area (Å²) in [5, 5.41) is 16.5. The van der Waals surface area contributed by atoms with Crippen LogP contribution in [0.15, 0.2) is 30.3 Å². The van der Waals surface area contributed by atoms with Gasteiger partial charge in [-0.05, 0) is 56.8 Å². The zero-order chi connectivity index (χ0) is 18.6. The standard InChI is InChI=1S/C21H28N4O2/c26-12-11-25-9-7-15(8-10-25)14-22-20-13-18(21(27)23-16-5-6-16)17-3-1-2-4-19(17)24-20/h1-4,13,15-16,26H,5-12,14H2,(H,22,24)(H,23,27). The van der Waals surface area contributed by atoms with Gasteiger partial charge in [0.1, 0.15) is 5.82 Å². The molecule has 1 saturated heterocycles. The number of hydrogen-bond acceptors (Lipinski definition) is 5. The number of rotatable bonds is 7. The van der Waals surface area contributed by atoms with Crippen LogP contribution in [0.5, 0.6) is 0 Å². The lowest BCUT2D eigenvalue weighted by molar-refractivity contribution is 0.0952. The van der Waals surface area contributed by atoms with Gasteiger partial charge in [-0.3, -0.25) is 4.79 Å². The normalized spacial score (nSPS) is 18.6. The molecule has 0 bridgehead atoms. The lowest BCUT2D eigenvalue weighted by atomic mass is 9.97. The predicted molar refractivity (Wildman–Crippen MR) is 107 cm³/mol. The molecule has 2 aliphatic rings. The van der Waals surface area contributed by atoms with Gasteiger partial charge in [-0.1, -0.05) is 18.2 Å². The third-order valence-electron chi connectivity index (χ3n) is 5.57. The van der Waals surface area contributed by atoms with Crippen LogP contribution in [0.1, 0.15) is 36.0 Å². The van der Waals surface area contributed by atoms with Crippen LogP contribution in [0.3, 0.4) is 0 Å². The summed E-state index contributed by atoms with van der Waals surface area (Å²) in [7, 11) is 0. The molecule has 2 fully saturated rings. The van der Waals surface area contributed by atoms with E-state index in [1.807, 2.05) is 30.3 Å². The second-order valence-electron chi connectivity index (χ2n) is 7.71. The van der Waals surface area contributed by atoms with E-state index in [-0.39, 0.29) is 12.5 Å². The average Bonchev–Trinajstić information content (AvgIpc) is 3.51. The number of likely N-dealkylation sites (tertiary alicyclic amines) is 1. The number of hydrogen-bond donors (Lipinski definition) is 3. The van der Waals surface area contributed by atoms with Gasteiger partial charge in [0.05, 0.1) is 17.7 Å². The topological polar surface area (TPSA) is 77.5 Å². The predicted octanol–water partition coefficient (Wildman–Crippen LogP) is 2.24. The van der Waals surface area contributed by atoms with Gasteiger partial charge in [-0.15, -0.1) is 0 Å². The van der Waals surface area contributed by atoms with Gasteiger partial charge in [0, 0.05) is 24.5 Å². The van der Waals surface area contributed by atoms with E-state index in [0.717, 1.165) is 68.6 Å². The quantitative estimate of drug-likeness (QED) is 0.699. The van der Waals surface area contributed by atoms with Crippen molar-refractivity contribution in [3.8, 4) is 0 Å². The molecule has 1 saturated carbocycles. The first-order valence-electron chi connectivity index (χ1n) is 10.0. The van der Waals surface area contributed by atoms with Crippen LogP contribution in [0, 0.1) is 5.92 Å². The molecule has 4 rings (SSSR count). The minimum absolute atomic E-state index is 0.00328. The number of aliphatic hydroxyl groups excluding tert-OH is 1. The first-order valence-corrected chi connectivity index (χ1v) is 10.0. The van der Waals surface area contributed by atoms with E-state index in [0.29, 0.717) is 17.5 Å². The number of para-hydroxylation sites is 1. The number of aromatic nitrogens is 1. The molecule has 1 aromatic carbocycles. The maximum absolute atomic E-state index is 12.7. The Morgan fingerprint density at radius 1 is 1.19 bits per heavy atom. The highest BCUT2D eigenvalue weighted by Gasteiger charge is 2.25. The Hall–Kier alpha value is -2.18. The Morgan fingerprint density at radius 3 is 2.70 bits per heavy atom. The van der Waals surface area contributed by atoms with E-state index in [4.69, 9.17) is 10.1 Å². The van der Waals surface area contributed by atoms with Crippen molar-refractivity contribution in [2.24, 2.45) is 5.92 Å². The summed E-state index contributed by atoms with van der Waals surface area (Å²) < 4.78 is 0. The summed E-state index contributed by atoms with van der Waals surface area (Å²) in [6, 6.07) is 10.1. The lowest BCUT2D eigenvalue weighted by Crippen LogP contribution is -2.37. The molecule has 3 N–H and O–H groups in total. The molecule has 6 heteroatoms. The molecular weight excluding hydrogens is 340 g/mol. The fraction of sp³-hybridized carbons (Fsp3) is 0.524. The van der Waals surface area contributed by atoms with E-state index in [9.17, 15) is 4.79 Å². The molecule has 1 aromatic heterocycles. The molecule has 1 aliphatic heterocycles. The SMILES string of the molecule is O=C(NC1CC1)c1cc(NCC2CCN(CCO)CC2)nc2ccccc12. The highest BCUT2D eigenvalue weighted by molar-refractivity contribution is 6.07. The van der Waals surface area contributed by atoms with Gasteiger partial charge in [-0.25, -0.2) is 4.98 Å². The molecule has 6 nitrogen and oxygen atoms in total. The summed E-state index contributed by atoms with van der Waals surface area (Å²) >= 11 is 0. The number of fused-ring (bicyclic) bond motifs is 1. The zero-order valence-electron chi connectivity index (χ0n) is 15.7. The third kappa shape index (κ3) is 4.57. The minimum atomic E-state index is -0.00328. The fourth-order valence-corrected chi connectivity index (χ4v) is 3.75. The molecule has 1 amide bonds. The first kappa shape index (κ1) is 18.2. The van der Waals surface area contributed by atoms with Gasteiger partial charge in [0.2, 0.25) is 0 Å². The Kier molecular flexibility index (Phi) is 5.55. The van der Waals surface area contributed by atoms with Gasteiger partial charge in [0.25, 0.3) is 5.91 Å². The molecule has 0 radical (unpaired) electrons. The van der Waals surface area contributed by atoms with Crippen molar-refractivity contribution in [2.45, 2.75) is 31.7 Å². The van der Waals surface area contributed by atoms with Crippen LogP contribution in [-0.2, 0) is 0 Å². The third-order valence-corrected chi connectivity index (χ3v) is 5.57. The zero-order valence-corrected chi connectivity index (χ0v) is 15.7. The molecular formula is C21H28N4O2. The number of carbonyl (C=O) groups is 1. The van der Waals surface area contributed by atoms with Gasteiger partial charge < -0.3 is 20.6 Å². The molecule has 0 atom stereocenters. The number of nitrogens with zero attached hydrogens (tertiary/aromatic N) is 2. The van der Waals surface area contributed by atoms with Gasteiger partial charge in [-0.2, -0.15) is 0 Å². The van der Waals surface area contributed by atoms with Crippen molar-refractivity contribution in [3.63, 3.8) is 0 Å². The average molecular weight is 368 g/mol. The number of anilines is 1.